The molecule has 1 aliphatic heterocycles. The van der Waals surface area contributed by atoms with E-state index in [0.29, 0.717) is 5.69 Å². The minimum absolute atomic E-state index is 0.111. The highest BCUT2D eigenvalue weighted by Crippen LogP contribution is 2.25. The molecule has 2 aromatic carbocycles. The van der Waals surface area contributed by atoms with E-state index in [0.717, 1.165) is 20.6 Å². The molecule has 0 radical (unpaired) electrons. The van der Waals surface area contributed by atoms with Crippen LogP contribution in [-0.4, -0.2) is 46.8 Å². The second-order valence-electron chi connectivity index (χ2n) is 7.73. The quantitative estimate of drug-likeness (QED) is 0.316. The molecule has 2 aromatic rings. The SMILES string of the molecule is Cc1cc(NC(=O)COC(=O)[C@H]2CC(=O)N(NC(=O)c3ccc([N+](=O)[O-])cc3)C2)cc(C)c1Br. The molecule has 0 aromatic heterocycles. The first-order valence-electron chi connectivity index (χ1n) is 10.1. The fraction of sp³-hybridized carbons (Fsp3) is 0.273. The number of halogens is 1. The van der Waals surface area contributed by atoms with Crippen LogP contribution in [0, 0.1) is 29.9 Å². The van der Waals surface area contributed by atoms with Gasteiger partial charge in [-0.2, -0.15) is 0 Å². The Labute approximate surface area is 202 Å². The summed E-state index contributed by atoms with van der Waals surface area (Å²) < 4.78 is 5.99. The molecule has 0 saturated carbocycles. The van der Waals surface area contributed by atoms with Crippen LogP contribution in [0.3, 0.4) is 0 Å². The smallest absolute Gasteiger partial charge is 0.311 e. The Hall–Kier alpha value is -3.80. The Morgan fingerprint density at radius 3 is 2.38 bits per heavy atom. The predicted molar refractivity (Wildman–Crippen MR) is 124 cm³/mol. The van der Waals surface area contributed by atoms with Crippen molar-refractivity contribution in [2.24, 2.45) is 5.92 Å². The van der Waals surface area contributed by atoms with Crippen LogP contribution in [0.5, 0.6) is 0 Å². The summed E-state index contributed by atoms with van der Waals surface area (Å²) in [5, 5.41) is 14.4. The number of nitrogens with zero attached hydrogens (tertiary/aromatic N) is 2. The Bertz CT molecular complexity index is 1140. The number of ether oxygens (including phenoxy) is 1. The van der Waals surface area contributed by atoms with E-state index in [4.69, 9.17) is 4.74 Å². The van der Waals surface area contributed by atoms with Crippen LogP contribution in [0.25, 0.3) is 0 Å². The number of carbonyl (C=O) groups is 4. The van der Waals surface area contributed by atoms with Crippen LogP contribution in [0.4, 0.5) is 11.4 Å². The van der Waals surface area contributed by atoms with E-state index in [1.165, 1.54) is 24.3 Å². The molecule has 2 N–H and O–H groups in total. The van der Waals surface area contributed by atoms with Crippen molar-refractivity contribution in [3.8, 4) is 0 Å². The monoisotopic (exact) mass is 532 g/mol. The van der Waals surface area contributed by atoms with E-state index < -0.39 is 41.1 Å². The molecular weight excluding hydrogens is 512 g/mol. The highest BCUT2D eigenvalue weighted by molar-refractivity contribution is 9.10. The van der Waals surface area contributed by atoms with Gasteiger partial charge in [-0.15, -0.1) is 0 Å². The van der Waals surface area contributed by atoms with E-state index in [-0.39, 0.29) is 24.2 Å². The van der Waals surface area contributed by atoms with Gasteiger partial charge in [0.1, 0.15) is 0 Å². The van der Waals surface area contributed by atoms with Crippen LogP contribution in [0.1, 0.15) is 27.9 Å². The summed E-state index contributed by atoms with van der Waals surface area (Å²) in [6, 6.07) is 8.40. The van der Waals surface area contributed by atoms with Crippen LogP contribution < -0.4 is 10.7 Å². The first-order valence-corrected chi connectivity index (χ1v) is 10.9. The molecule has 1 atom stereocenters. The number of hydrogen-bond donors (Lipinski definition) is 2. The summed E-state index contributed by atoms with van der Waals surface area (Å²) >= 11 is 3.45. The summed E-state index contributed by atoms with van der Waals surface area (Å²) in [6.07, 6.45) is -0.188. The number of nitro groups is 1. The third-order valence-electron chi connectivity index (χ3n) is 5.10. The number of carbonyl (C=O) groups excluding carboxylic acids is 4. The molecule has 178 valence electrons. The number of aryl methyl sites for hydroxylation is 2. The number of anilines is 1. The fourth-order valence-electron chi connectivity index (χ4n) is 3.36. The van der Waals surface area contributed by atoms with E-state index in [1.54, 1.807) is 12.1 Å². The maximum atomic E-state index is 12.3. The molecule has 1 saturated heterocycles. The molecule has 1 heterocycles. The van der Waals surface area contributed by atoms with Gasteiger partial charge < -0.3 is 10.1 Å². The molecule has 34 heavy (non-hydrogen) atoms. The van der Waals surface area contributed by atoms with Gasteiger partial charge in [-0.3, -0.25) is 39.7 Å². The standard InChI is InChI=1S/C22H21BrN4O7/c1-12-7-16(8-13(2)20(12)23)24-18(28)11-34-22(31)15-9-19(29)26(10-15)25-21(30)14-3-5-17(6-4-14)27(32)33/h3-8,15H,9-11H2,1-2H3,(H,24,28)(H,25,30)/t15-/m0/s1. The zero-order valence-corrected chi connectivity index (χ0v) is 19.9. The minimum Gasteiger partial charge on any atom is -0.455 e. The third-order valence-corrected chi connectivity index (χ3v) is 6.35. The number of non-ortho nitro benzene ring substituents is 1. The van der Waals surface area contributed by atoms with Gasteiger partial charge in [0.05, 0.1) is 17.4 Å². The number of amides is 3. The molecule has 0 spiro atoms. The molecule has 3 amide bonds. The normalized spacial score (nSPS) is 15.1. The second-order valence-corrected chi connectivity index (χ2v) is 8.52. The molecular formula is C22H21BrN4O7. The molecule has 0 unspecified atom stereocenters. The van der Waals surface area contributed by atoms with Gasteiger partial charge in [0.25, 0.3) is 17.5 Å². The maximum absolute atomic E-state index is 12.3. The zero-order chi connectivity index (χ0) is 25.0. The van der Waals surface area contributed by atoms with Crippen molar-refractivity contribution >= 4 is 51.0 Å². The highest BCUT2D eigenvalue weighted by atomic mass is 79.9. The van der Waals surface area contributed by atoms with E-state index in [2.05, 4.69) is 26.7 Å². The topological polar surface area (TPSA) is 148 Å². The number of benzene rings is 2. The lowest BCUT2D eigenvalue weighted by Crippen LogP contribution is -2.43. The van der Waals surface area contributed by atoms with E-state index in [9.17, 15) is 29.3 Å². The fourth-order valence-corrected chi connectivity index (χ4v) is 3.59. The zero-order valence-electron chi connectivity index (χ0n) is 18.3. The van der Waals surface area contributed by atoms with Gasteiger partial charge in [0.2, 0.25) is 5.91 Å². The van der Waals surface area contributed by atoms with Gasteiger partial charge in [0, 0.05) is 34.3 Å². The summed E-state index contributed by atoms with van der Waals surface area (Å²) in [5.41, 5.74) is 4.75. The van der Waals surface area contributed by atoms with Gasteiger partial charge in [-0.05, 0) is 49.2 Å². The van der Waals surface area contributed by atoms with Crippen molar-refractivity contribution in [2.75, 3.05) is 18.5 Å². The number of hydrogen-bond acceptors (Lipinski definition) is 7. The van der Waals surface area contributed by atoms with Crippen LogP contribution in [0.15, 0.2) is 40.9 Å². The molecule has 0 aliphatic carbocycles. The first kappa shape index (κ1) is 24.8. The molecule has 11 nitrogen and oxygen atoms in total. The number of hydrazine groups is 1. The van der Waals surface area contributed by atoms with E-state index >= 15 is 0 Å². The number of nitrogens with one attached hydrogen (secondary N) is 2. The van der Waals surface area contributed by atoms with Gasteiger partial charge in [-0.25, -0.2) is 0 Å². The molecule has 0 bridgehead atoms. The minimum atomic E-state index is -0.852. The largest absolute Gasteiger partial charge is 0.455 e. The molecule has 1 aliphatic rings. The van der Waals surface area contributed by atoms with Crippen molar-refractivity contribution in [1.82, 2.24) is 10.4 Å². The lowest BCUT2D eigenvalue weighted by molar-refractivity contribution is -0.384. The van der Waals surface area contributed by atoms with Gasteiger partial charge >= 0.3 is 5.97 Å². The summed E-state index contributed by atoms with van der Waals surface area (Å²) in [5.74, 6) is -3.27. The Morgan fingerprint density at radius 1 is 1.18 bits per heavy atom. The van der Waals surface area contributed by atoms with Crippen molar-refractivity contribution in [3.05, 3.63) is 67.7 Å². The summed E-state index contributed by atoms with van der Waals surface area (Å²) in [4.78, 5) is 59.1. The van der Waals surface area contributed by atoms with Crippen LogP contribution in [-0.2, 0) is 19.1 Å². The number of nitro benzene ring substituents is 1. The lowest BCUT2D eigenvalue weighted by Gasteiger charge is -2.17. The van der Waals surface area contributed by atoms with Crippen molar-refractivity contribution in [2.45, 2.75) is 20.3 Å². The van der Waals surface area contributed by atoms with Gasteiger partial charge in [-0.1, -0.05) is 15.9 Å². The van der Waals surface area contributed by atoms with Gasteiger partial charge in [0.15, 0.2) is 6.61 Å². The highest BCUT2D eigenvalue weighted by Gasteiger charge is 2.36. The van der Waals surface area contributed by atoms with Crippen LogP contribution in [0.2, 0.25) is 0 Å². The van der Waals surface area contributed by atoms with Crippen LogP contribution >= 0.6 is 15.9 Å². The predicted octanol–water partition coefficient (Wildman–Crippen LogP) is 2.65. The Balaban J connectivity index is 1.50. The average molecular weight is 533 g/mol. The number of rotatable bonds is 7. The summed E-state index contributed by atoms with van der Waals surface area (Å²) in [6.45, 7) is 3.13. The first-order chi connectivity index (χ1) is 16.0. The van der Waals surface area contributed by atoms with Crippen molar-refractivity contribution in [3.63, 3.8) is 0 Å². The second kappa shape index (κ2) is 10.4. The van der Waals surface area contributed by atoms with Crippen molar-refractivity contribution in [1.29, 1.82) is 0 Å². The number of esters is 1. The Morgan fingerprint density at radius 2 is 1.79 bits per heavy atom. The third kappa shape index (κ3) is 5.95. The lowest BCUT2D eigenvalue weighted by atomic mass is 10.1. The molecule has 12 heteroatoms. The maximum Gasteiger partial charge on any atom is 0.311 e. The summed E-state index contributed by atoms with van der Waals surface area (Å²) in [7, 11) is 0. The average Bonchev–Trinajstić information content (AvgIpc) is 3.16. The van der Waals surface area contributed by atoms with E-state index in [1.807, 2.05) is 13.8 Å². The van der Waals surface area contributed by atoms with Crippen molar-refractivity contribution < 1.29 is 28.8 Å². The Kier molecular flexibility index (Phi) is 7.61. The molecule has 1 fully saturated rings. The molecule has 3 rings (SSSR count).